The molecule has 0 spiro atoms. The molecule has 0 unspecified atom stereocenters. The Morgan fingerprint density at radius 2 is 2.45 bits per heavy atom. The van der Waals surface area contributed by atoms with Gasteiger partial charge in [-0.25, -0.2) is 0 Å². The van der Waals surface area contributed by atoms with Crippen LogP contribution in [0.3, 0.4) is 0 Å². The summed E-state index contributed by atoms with van der Waals surface area (Å²) in [6.07, 6.45) is 1.41. The Bertz CT molecular complexity index is 163. The van der Waals surface area contributed by atoms with Crippen LogP contribution in [0.4, 0.5) is 0 Å². The first-order valence-electron chi connectivity index (χ1n) is 3.11. The summed E-state index contributed by atoms with van der Waals surface area (Å²) >= 11 is 5.42. The Morgan fingerprint density at radius 1 is 1.82 bits per heavy atom. The predicted molar refractivity (Wildman–Crippen MR) is 45.7 cm³/mol. The third kappa shape index (κ3) is 3.93. The van der Waals surface area contributed by atoms with E-state index in [1.807, 2.05) is 0 Å². The maximum absolute atomic E-state index is 11.0. The summed E-state index contributed by atoms with van der Waals surface area (Å²) < 4.78 is 0. The first-order chi connectivity index (χ1) is 5.26. The van der Waals surface area contributed by atoms with Gasteiger partial charge in [-0.15, -0.1) is 0 Å². The van der Waals surface area contributed by atoms with Gasteiger partial charge in [-0.3, -0.25) is 0 Å². The van der Waals surface area contributed by atoms with Crippen LogP contribution in [0.5, 0.6) is 0 Å². The van der Waals surface area contributed by atoms with Gasteiger partial charge in [0.05, 0.1) is 0 Å². The zero-order chi connectivity index (χ0) is 8.69. The van der Waals surface area contributed by atoms with Crippen molar-refractivity contribution in [2.75, 3.05) is 19.0 Å². The van der Waals surface area contributed by atoms with Gasteiger partial charge >= 0.3 is 71.5 Å². The molecular formula is C6H9BClN2O. The number of carbonyl (C=O) groups excluding carboxylic acids is 1. The summed E-state index contributed by atoms with van der Waals surface area (Å²) in [6, 6.07) is 0. The molecule has 0 atom stereocenters. The van der Waals surface area contributed by atoms with Crippen LogP contribution < -0.4 is 0 Å². The van der Waals surface area contributed by atoms with Crippen LogP contribution in [0.15, 0.2) is 17.7 Å². The summed E-state index contributed by atoms with van der Waals surface area (Å²) in [6.45, 7) is 3.87. The Morgan fingerprint density at radius 3 is 2.82 bits per heavy atom. The minimum absolute atomic E-state index is 0.0249. The van der Waals surface area contributed by atoms with Crippen LogP contribution in [0, 0.1) is 0 Å². The van der Waals surface area contributed by atoms with Crippen LogP contribution in [0.2, 0.25) is 0 Å². The molecule has 1 radical (unpaired) electrons. The molecule has 0 heterocycles. The molecule has 0 N–H and O–H groups in total. The van der Waals surface area contributed by atoms with E-state index in [1.165, 1.54) is 11.1 Å². The maximum atomic E-state index is 11.0. The summed E-state index contributed by atoms with van der Waals surface area (Å²) in [7, 11) is 4.83. The van der Waals surface area contributed by atoms with Gasteiger partial charge in [-0.1, -0.05) is 0 Å². The number of alkyl halides is 1. The molecule has 11 heavy (non-hydrogen) atoms. The third-order valence-corrected chi connectivity index (χ3v) is 1.26. The van der Waals surface area contributed by atoms with E-state index in [1.54, 1.807) is 0 Å². The van der Waals surface area contributed by atoms with Gasteiger partial charge in [-0.2, -0.15) is 0 Å². The Labute approximate surface area is 72.1 Å². The van der Waals surface area contributed by atoms with Crippen LogP contribution in [-0.4, -0.2) is 37.4 Å². The minimum atomic E-state index is -0.192. The van der Waals surface area contributed by atoms with Gasteiger partial charge in [0.25, 0.3) is 0 Å². The van der Waals surface area contributed by atoms with E-state index in [-0.39, 0.29) is 12.5 Å². The number of rotatable bonds is 5. The van der Waals surface area contributed by atoms with E-state index in [2.05, 4.69) is 11.5 Å². The average Bonchev–Trinajstić information content (AvgIpc) is 2.00. The van der Waals surface area contributed by atoms with E-state index < -0.39 is 0 Å². The predicted octanol–water partition coefficient (Wildman–Crippen LogP) is 0.549. The standard InChI is InChI=1S/C6H9BClN2O/c1-2-10(4-3-8)6(11)5-9-7/h2H,1,3-5H2. The molecule has 0 rings (SSSR count). The molecule has 0 saturated carbocycles. The second-order valence-electron chi connectivity index (χ2n) is 1.80. The molecule has 0 aliphatic carbocycles. The fourth-order valence-corrected chi connectivity index (χ4v) is 0.760. The van der Waals surface area contributed by atoms with E-state index in [0.29, 0.717) is 12.4 Å². The molecule has 0 aromatic heterocycles. The number of hydrogen-bond donors (Lipinski definition) is 0. The summed E-state index contributed by atoms with van der Waals surface area (Å²) in [5, 5.41) is 0. The number of carbonyl (C=O) groups is 1. The number of hydrogen-bond acceptors (Lipinski definition) is 2. The van der Waals surface area contributed by atoms with Crippen molar-refractivity contribution in [1.82, 2.24) is 4.90 Å². The molecule has 5 heteroatoms. The van der Waals surface area contributed by atoms with Crippen molar-refractivity contribution in [3.8, 4) is 0 Å². The van der Waals surface area contributed by atoms with Gasteiger partial charge < -0.3 is 0 Å². The number of nitrogens with zero attached hydrogens (tertiary/aromatic N) is 2. The number of amides is 1. The van der Waals surface area contributed by atoms with Gasteiger partial charge in [0.1, 0.15) is 0 Å². The van der Waals surface area contributed by atoms with Crippen LogP contribution >= 0.6 is 11.6 Å². The van der Waals surface area contributed by atoms with Gasteiger partial charge in [-0.05, 0) is 0 Å². The monoisotopic (exact) mass is 171 g/mol. The van der Waals surface area contributed by atoms with Gasteiger partial charge in [0.15, 0.2) is 0 Å². The van der Waals surface area contributed by atoms with Crippen molar-refractivity contribution >= 4 is 25.1 Å². The fourth-order valence-electron chi connectivity index (χ4n) is 0.578. The SMILES string of the molecule is [B]=NCC(=O)N(C=C)CCCl. The number of halogens is 1. The van der Waals surface area contributed by atoms with Crippen molar-refractivity contribution in [2.45, 2.75) is 0 Å². The van der Waals surface area contributed by atoms with Gasteiger partial charge in [0.2, 0.25) is 0 Å². The molecule has 0 aliphatic rings. The van der Waals surface area contributed by atoms with E-state index in [4.69, 9.17) is 19.2 Å². The van der Waals surface area contributed by atoms with Crippen LogP contribution in [0.1, 0.15) is 0 Å². The summed E-state index contributed by atoms with van der Waals surface area (Å²) in [5.41, 5.74) is 0. The van der Waals surface area contributed by atoms with Crippen molar-refractivity contribution in [2.24, 2.45) is 4.90 Å². The average molecular weight is 171 g/mol. The molecular weight excluding hydrogens is 162 g/mol. The Balaban J connectivity index is 3.90. The topological polar surface area (TPSA) is 32.7 Å². The van der Waals surface area contributed by atoms with Crippen molar-refractivity contribution < 1.29 is 4.79 Å². The second kappa shape index (κ2) is 6.10. The quantitative estimate of drug-likeness (QED) is 0.439. The first-order valence-corrected chi connectivity index (χ1v) is 3.64. The first kappa shape index (κ1) is 10.4. The van der Waals surface area contributed by atoms with E-state index in [9.17, 15) is 4.79 Å². The second-order valence-corrected chi connectivity index (χ2v) is 2.18. The zero-order valence-electron chi connectivity index (χ0n) is 6.16. The summed E-state index contributed by atoms with van der Waals surface area (Å²) in [5.74, 6) is 0.186. The molecule has 0 aliphatic heterocycles. The third-order valence-electron chi connectivity index (χ3n) is 1.09. The van der Waals surface area contributed by atoms with Crippen molar-refractivity contribution in [3.05, 3.63) is 12.8 Å². The molecule has 0 aromatic carbocycles. The van der Waals surface area contributed by atoms with Crippen molar-refractivity contribution in [3.63, 3.8) is 0 Å². The van der Waals surface area contributed by atoms with Crippen molar-refractivity contribution in [1.29, 1.82) is 0 Å². The Kier molecular flexibility index (Phi) is 5.75. The van der Waals surface area contributed by atoms with E-state index >= 15 is 0 Å². The van der Waals surface area contributed by atoms with Crippen LogP contribution in [-0.2, 0) is 4.79 Å². The molecule has 59 valence electrons. The molecule has 0 bridgehead atoms. The molecule has 3 nitrogen and oxygen atoms in total. The van der Waals surface area contributed by atoms with Crippen LogP contribution in [0.25, 0.3) is 0 Å². The van der Waals surface area contributed by atoms with Gasteiger partial charge in [0, 0.05) is 0 Å². The summed E-state index contributed by atoms with van der Waals surface area (Å²) in [4.78, 5) is 15.6. The molecule has 1 amide bonds. The molecule has 0 saturated heterocycles. The van der Waals surface area contributed by atoms with E-state index in [0.717, 1.165) is 0 Å². The molecule has 0 aromatic rings. The fraction of sp³-hybridized carbons (Fsp3) is 0.500. The Hall–Kier alpha value is -0.635. The zero-order valence-corrected chi connectivity index (χ0v) is 6.92. The normalized spacial score (nSPS) is 8.73. The molecule has 0 fully saturated rings.